The van der Waals surface area contributed by atoms with Crippen LogP contribution in [-0.2, 0) is 14.8 Å². The average Bonchev–Trinajstić information content (AvgIpc) is 2.65. The van der Waals surface area contributed by atoms with Crippen LogP contribution in [0.25, 0.3) is 0 Å². The number of methoxy groups -OCH3 is 2. The summed E-state index contributed by atoms with van der Waals surface area (Å²) in [5.74, 6) is -0.772. The first-order valence-corrected chi connectivity index (χ1v) is 9.93. The molecule has 0 aliphatic carbocycles. The molecular weight excluding hydrogens is 387 g/mol. The number of sulfonamides is 1. The smallest absolute Gasteiger partial charge is 0.265 e. The molecule has 7 nitrogen and oxygen atoms in total. The number of carbonyl (C=O) groups is 1. The summed E-state index contributed by atoms with van der Waals surface area (Å²) in [6, 6.07) is 9.18. The molecule has 0 radical (unpaired) electrons. The SMILES string of the molecule is COc1ccc(S(=O)(=O)N(CC(=O)NC(C)C)c2ccccc2F)cc1OC. The number of amides is 1. The van der Waals surface area contributed by atoms with E-state index in [1.165, 1.54) is 50.6 Å². The van der Waals surface area contributed by atoms with Gasteiger partial charge in [0.25, 0.3) is 10.0 Å². The van der Waals surface area contributed by atoms with Crippen molar-refractivity contribution < 1.29 is 27.1 Å². The van der Waals surface area contributed by atoms with Gasteiger partial charge in [0, 0.05) is 12.1 Å². The lowest BCUT2D eigenvalue weighted by molar-refractivity contribution is -0.120. The molecule has 2 aromatic rings. The number of ether oxygens (including phenoxy) is 2. The second-order valence-electron chi connectivity index (χ2n) is 6.20. The van der Waals surface area contributed by atoms with Gasteiger partial charge in [-0.15, -0.1) is 0 Å². The van der Waals surface area contributed by atoms with Gasteiger partial charge in [-0.05, 0) is 38.1 Å². The molecule has 28 heavy (non-hydrogen) atoms. The molecule has 0 fully saturated rings. The van der Waals surface area contributed by atoms with Crippen LogP contribution in [0.5, 0.6) is 11.5 Å². The molecule has 0 atom stereocenters. The Kier molecular flexibility index (Phi) is 6.85. The number of carbonyl (C=O) groups excluding carboxylic acids is 1. The largest absolute Gasteiger partial charge is 0.493 e. The van der Waals surface area contributed by atoms with E-state index in [1.54, 1.807) is 13.8 Å². The zero-order valence-electron chi connectivity index (χ0n) is 16.1. The van der Waals surface area contributed by atoms with Crippen molar-refractivity contribution in [2.75, 3.05) is 25.1 Å². The van der Waals surface area contributed by atoms with Crippen LogP contribution < -0.4 is 19.1 Å². The van der Waals surface area contributed by atoms with E-state index in [4.69, 9.17) is 9.47 Å². The van der Waals surface area contributed by atoms with Gasteiger partial charge in [-0.1, -0.05) is 12.1 Å². The van der Waals surface area contributed by atoms with E-state index in [1.807, 2.05) is 0 Å². The molecular formula is C19H23FN2O5S. The summed E-state index contributed by atoms with van der Waals surface area (Å²) in [6.07, 6.45) is 0. The van der Waals surface area contributed by atoms with Crippen molar-refractivity contribution in [3.05, 3.63) is 48.3 Å². The quantitative estimate of drug-likeness (QED) is 0.723. The molecule has 2 rings (SSSR count). The third-order valence-corrected chi connectivity index (χ3v) is 5.56. The van der Waals surface area contributed by atoms with Crippen LogP contribution in [0.15, 0.2) is 47.4 Å². The first kappa shape index (κ1) is 21.5. The summed E-state index contributed by atoms with van der Waals surface area (Å²) in [5, 5.41) is 2.61. The number of benzene rings is 2. The Labute approximate surface area is 164 Å². The van der Waals surface area contributed by atoms with Crippen molar-refractivity contribution in [3.63, 3.8) is 0 Å². The van der Waals surface area contributed by atoms with Crippen molar-refractivity contribution in [2.45, 2.75) is 24.8 Å². The van der Waals surface area contributed by atoms with Crippen LogP contribution in [0, 0.1) is 5.82 Å². The lowest BCUT2D eigenvalue weighted by Gasteiger charge is -2.25. The van der Waals surface area contributed by atoms with Gasteiger partial charge in [0.05, 0.1) is 24.8 Å². The number of nitrogens with zero attached hydrogens (tertiary/aromatic N) is 1. The molecule has 0 aromatic heterocycles. The van der Waals surface area contributed by atoms with Crippen LogP contribution in [0.1, 0.15) is 13.8 Å². The first-order chi connectivity index (χ1) is 13.2. The Hall–Kier alpha value is -2.81. The topological polar surface area (TPSA) is 84.9 Å². The fraction of sp³-hybridized carbons (Fsp3) is 0.316. The molecule has 0 aliphatic rings. The third-order valence-electron chi connectivity index (χ3n) is 3.80. The number of para-hydroxylation sites is 1. The van der Waals surface area contributed by atoms with Crippen molar-refractivity contribution in [3.8, 4) is 11.5 Å². The summed E-state index contributed by atoms with van der Waals surface area (Å²) in [5.41, 5.74) is -0.226. The zero-order chi connectivity index (χ0) is 20.9. The lowest BCUT2D eigenvalue weighted by Crippen LogP contribution is -2.43. The fourth-order valence-electron chi connectivity index (χ4n) is 2.56. The lowest BCUT2D eigenvalue weighted by atomic mass is 10.3. The summed E-state index contributed by atoms with van der Waals surface area (Å²) in [4.78, 5) is 12.1. The normalized spacial score (nSPS) is 11.2. The van der Waals surface area contributed by atoms with Gasteiger partial charge >= 0.3 is 0 Å². The van der Waals surface area contributed by atoms with E-state index in [0.29, 0.717) is 5.75 Å². The number of nitrogens with one attached hydrogen (secondary N) is 1. The van der Waals surface area contributed by atoms with Crippen molar-refractivity contribution in [1.82, 2.24) is 5.32 Å². The maximum absolute atomic E-state index is 14.4. The molecule has 9 heteroatoms. The minimum absolute atomic E-state index is 0.161. The maximum Gasteiger partial charge on any atom is 0.265 e. The summed E-state index contributed by atoms with van der Waals surface area (Å²) < 4.78 is 51.9. The van der Waals surface area contributed by atoms with E-state index >= 15 is 0 Å². The molecule has 0 saturated heterocycles. The Morgan fingerprint density at radius 1 is 1.11 bits per heavy atom. The fourth-order valence-corrected chi connectivity index (χ4v) is 4.00. The molecule has 152 valence electrons. The molecule has 0 heterocycles. The predicted octanol–water partition coefficient (Wildman–Crippen LogP) is 2.56. The van der Waals surface area contributed by atoms with Gasteiger partial charge < -0.3 is 14.8 Å². The molecule has 0 unspecified atom stereocenters. The van der Waals surface area contributed by atoms with Crippen molar-refractivity contribution >= 4 is 21.6 Å². The molecule has 2 aromatic carbocycles. The van der Waals surface area contributed by atoms with E-state index in [0.717, 1.165) is 10.4 Å². The molecule has 1 amide bonds. The van der Waals surface area contributed by atoms with Crippen LogP contribution in [0.3, 0.4) is 0 Å². The minimum Gasteiger partial charge on any atom is -0.493 e. The highest BCUT2D eigenvalue weighted by Crippen LogP contribution is 2.32. The second kappa shape index (κ2) is 8.92. The summed E-state index contributed by atoms with van der Waals surface area (Å²) in [6.45, 7) is 2.91. The van der Waals surface area contributed by atoms with Gasteiger partial charge in [0.1, 0.15) is 12.4 Å². The number of halogens is 1. The number of rotatable bonds is 8. The van der Waals surface area contributed by atoms with E-state index in [2.05, 4.69) is 5.32 Å². The van der Waals surface area contributed by atoms with Gasteiger partial charge in [0.15, 0.2) is 11.5 Å². The van der Waals surface area contributed by atoms with Gasteiger partial charge in [0.2, 0.25) is 5.91 Å². The Bertz CT molecular complexity index is 947. The highest BCUT2D eigenvalue weighted by atomic mass is 32.2. The standard InChI is InChI=1S/C19H23FN2O5S/c1-13(2)21-19(23)12-22(16-8-6-5-7-15(16)20)28(24,25)14-9-10-17(26-3)18(11-14)27-4/h5-11,13H,12H2,1-4H3,(H,21,23). The van der Waals surface area contributed by atoms with Crippen LogP contribution in [0.2, 0.25) is 0 Å². The Morgan fingerprint density at radius 3 is 2.32 bits per heavy atom. The van der Waals surface area contributed by atoms with Crippen molar-refractivity contribution in [1.29, 1.82) is 0 Å². The van der Waals surface area contributed by atoms with Crippen LogP contribution in [-0.4, -0.2) is 41.1 Å². The van der Waals surface area contributed by atoms with Crippen LogP contribution >= 0.6 is 0 Å². The zero-order valence-corrected chi connectivity index (χ0v) is 16.9. The number of anilines is 1. The van der Waals surface area contributed by atoms with E-state index in [9.17, 15) is 17.6 Å². The highest BCUT2D eigenvalue weighted by Gasteiger charge is 2.30. The number of hydrogen-bond donors (Lipinski definition) is 1. The highest BCUT2D eigenvalue weighted by molar-refractivity contribution is 7.92. The maximum atomic E-state index is 14.4. The molecule has 0 bridgehead atoms. The van der Waals surface area contributed by atoms with Crippen molar-refractivity contribution in [2.24, 2.45) is 0 Å². The molecule has 0 spiro atoms. The van der Waals surface area contributed by atoms with Crippen LogP contribution in [0.4, 0.5) is 10.1 Å². The average molecular weight is 410 g/mol. The third kappa shape index (κ3) is 4.72. The van der Waals surface area contributed by atoms with Gasteiger partial charge in [-0.3, -0.25) is 9.10 Å². The van der Waals surface area contributed by atoms with E-state index < -0.39 is 28.3 Å². The van der Waals surface area contributed by atoms with Gasteiger partial charge in [-0.2, -0.15) is 0 Å². The molecule has 0 aliphatic heterocycles. The Balaban J connectivity index is 2.55. The minimum atomic E-state index is -4.27. The number of hydrogen-bond acceptors (Lipinski definition) is 5. The predicted molar refractivity (Wildman–Crippen MR) is 104 cm³/mol. The summed E-state index contributed by atoms with van der Waals surface area (Å²) >= 11 is 0. The Morgan fingerprint density at radius 2 is 1.75 bits per heavy atom. The second-order valence-corrected chi connectivity index (χ2v) is 8.06. The van der Waals surface area contributed by atoms with Gasteiger partial charge in [-0.25, -0.2) is 12.8 Å². The molecule has 1 N–H and O–H groups in total. The summed E-state index contributed by atoms with van der Waals surface area (Å²) in [7, 11) is -1.47. The molecule has 0 saturated carbocycles. The monoisotopic (exact) mass is 410 g/mol. The van der Waals surface area contributed by atoms with E-state index in [-0.39, 0.29) is 22.4 Å². The first-order valence-electron chi connectivity index (χ1n) is 8.49.